The fraction of sp³-hybridized carbons (Fsp3) is 0.950. The molecule has 0 aliphatic carbocycles. The van der Waals surface area contributed by atoms with Crippen molar-refractivity contribution >= 4 is 5.97 Å². The molecule has 0 aromatic carbocycles. The molecule has 0 aromatic rings. The van der Waals surface area contributed by atoms with Gasteiger partial charge in [0.2, 0.25) is 0 Å². The zero-order valence-electron chi connectivity index (χ0n) is 16.0. The molecule has 0 saturated heterocycles. The van der Waals surface area contributed by atoms with Gasteiger partial charge in [-0.15, -0.1) is 0 Å². The molecule has 0 aromatic heterocycles. The molecule has 2 unspecified atom stereocenters. The van der Waals surface area contributed by atoms with E-state index in [2.05, 4.69) is 27.7 Å². The minimum atomic E-state index is -0.671. The lowest BCUT2D eigenvalue weighted by Gasteiger charge is -2.20. The number of carboxylic acids is 1. The summed E-state index contributed by atoms with van der Waals surface area (Å²) in [6, 6.07) is 0. The Labute approximate surface area is 139 Å². The second-order valence-electron chi connectivity index (χ2n) is 8.55. The number of rotatable bonds is 13. The van der Waals surface area contributed by atoms with Crippen molar-refractivity contribution in [2.45, 2.75) is 99.3 Å². The van der Waals surface area contributed by atoms with Crippen LogP contribution in [0, 0.1) is 23.2 Å². The third-order valence-electron chi connectivity index (χ3n) is 4.95. The summed E-state index contributed by atoms with van der Waals surface area (Å²) >= 11 is 0. The van der Waals surface area contributed by atoms with E-state index in [-0.39, 0.29) is 0 Å². The van der Waals surface area contributed by atoms with Crippen LogP contribution >= 0.6 is 0 Å². The Bertz CT molecular complexity index is 294. The van der Waals surface area contributed by atoms with E-state index in [9.17, 15) is 4.79 Å². The Morgan fingerprint density at radius 2 is 1.23 bits per heavy atom. The molecule has 0 spiro atoms. The Morgan fingerprint density at radius 1 is 0.818 bits per heavy atom. The summed E-state index contributed by atoms with van der Waals surface area (Å²) < 4.78 is 0. The van der Waals surface area contributed by atoms with Crippen molar-refractivity contribution in [1.82, 2.24) is 0 Å². The Balaban J connectivity index is 3.65. The summed E-state index contributed by atoms with van der Waals surface area (Å²) in [7, 11) is 0. The lowest BCUT2D eigenvalue weighted by atomic mass is 9.85. The van der Waals surface area contributed by atoms with Crippen LogP contribution in [0.4, 0.5) is 0 Å². The van der Waals surface area contributed by atoms with Crippen LogP contribution < -0.4 is 0 Å². The summed E-state index contributed by atoms with van der Waals surface area (Å²) in [5.41, 5.74) is -0.565. The fourth-order valence-electron chi connectivity index (χ4n) is 2.98. The molecular formula is C20H40O2. The molecular weight excluding hydrogens is 272 g/mol. The third-order valence-corrected chi connectivity index (χ3v) is 4.95. The average Bonchev–Trinajstić information content (AvgIpc) is 2.37. The highest BCUT2D eigenvalue weighted by Crippen LogP contribution is 2.26. The van der Waals surface area contributed by atoms with Crippen LogP contribution in [0.2, 0.25) is 0 Å². The highest BCUT2D eigenvalue weighted by Gasteiger charge is 2.26. The lowest BCUT2D eigenvalue weighted by Crippen LogP contribution is -2.23. The van der Waals surface area contributed by atoms with Crippen molar-refractivity contribution in [2.24, 2.45) is 23.2 Å². The minimum Gasteiger partial charge on any atom is -0.481 e. The molecule has 0 rings (SSSR count). The van der Waals surface area contributed by atoms with Crippen molar-refractivity contribution in [3.63, 3.8) is 0 Å². The normalized spacial score (nSPS) is 15.0. The second-order valence-corrected chi connectivity index (χ2v) is 8.55. The summed E-state index contributed by atoms with van der Waals surface area (Å²) in [4.78, 5) is 11.1. The second kappa shape index (κ2) is 11.1. The van der Waals surface area contributed by atoms with E-state index in [1.165, 1.54) is 44.9 Å². The summed E-state index contributed by atoms with van der Waals surface area (Å²) in [5.74, 6) is 1.75. The molecule has 132 valence electrons. The topological polar surface area (TPSA) is 37.3 Å². The van der Waals surface area contributed by atoms with E-state index in [1.807, 2.05) is 13.8 Å². The standard InChI is InChI=1S/C20H40O2/c1-16(2)10-7-11-17(3)12-8-13-18(4)14-9-15-20(5,6)19(21)22/h16-18H,7-15H2,1-6H3,(H,21,22). The van der Waals surface area contributed by atoms with Crippen molar-refractivity contribution < 1.29 is 9.90 Å². The molecule has 0 bridgehead atoms. The Morgan fingerprint density at radius 3 is 1.64 bits per heavy atom. The quantitative estimate of drug-likeness (QED) is 0.419. The van der Waals surface area contributed by atoms with Crippen LogP contribution in [-0.2, 0) is 4.79 Å². The summed E-state index contributed by atoms with van der Waals surface area (Å²) in [5, 5.41) is 9.11. The molecule has 0 fully saturated rings. The van der Waals surface area contributed by atoms with E-state index < -0.39 is 11.4 Å². The van der Waals surface area contributed by atoms with Crippen molar-refractivity contribution in [2.75, 3.05) is 0 Å². The van der Waals surface area contributed by atoms with E-state index >= 15 is 0 Å². The van der Waals surface area contributed by atoms with Gasteiger partial charge >= 0.3 is 5.97 Å². The smallest absolute Gasteiger partial charge is 0.309 e. The van der Waals surface area contributed by atoms with Crippen LogP contribution in [0.15, 0.2) is 0 Å². The van der Waals surface area contributed by atoms with Crippen LogP contribution in [0.1, 0.15) is 99.3 Å². The first-order chi connectivity index (χ1) is 10.1. The van der Waals surface area contributed by atoms with Gasteiger partial charge in [0.25, 0.3) is 0 Å². The Kier molecular flexibility index (Phi) is 10.8. The van der Waals surface area contributed by atoms with Gasteiger partial charge in [-0.2, -0.15) is 0 Å². The largest absolute Gasteiger partial charge is 0.481 e. The number of carboxylic acid groups (broad SMARTS) is 1. The maximum absolute atomic E-state index is 11.1. The van der Waals surface area contributed by atoms with Gasteiger partial charge in [0.15, 0.2) is 0 Å². The molecule has 2 atom stereocenters. The number of hydrogen-bond donors (Lipinski definition) is 1. The number of aliphatic carboxylic acids is 1. The van der Waals surface area contributed by atoms with Gasteiger partial charge < -0.3 is 5.11 Å². The average molecular weight is 313 g/mol. The van der Waals surface area contributed by atoms with Gasteiger partial charge in [0, 0.05) is 0 Å². The maximum Gasteiger partial charge on any atom is 0.309 e. The van der Waals surface area contributed by atoms with E-state index in [4.69, 9.17) is 5.11 Å². The molecule has 0 heterocycles. The lowest BCUT2D eigenvalue weighted by molar-refractivity contribution is -0.147. The van der Waals surface area contributed by atoms with E-state index in [0.29, 0.717) is 0 Å². The van der Waals surface area contributed by atoms with Gasteiger partial charge in [-0.25, -0.2) is 0 Å². The molecule has 22 heavy (non-hydrogen) atoms. The van der Waals surface area contributed by atoms with Gasteiger partial charge in [-0.05, 0) is 38.0 Å². The van der Waals surface area contributed by atoms with Crippen LogP contribution in [-0.4, -0.2) is 11.1 Å². The highest BCUT2D eigenvalue weighted by atomic mass is 16.4. The summed E-state index contributed by atoms with van der Waals surface area (Å²) in [6.45, 7) is 13.0. The summed E-state index contributed by atoms with van der Waals surface area (Å²) in [6.07, 6.45) is 11.1. The first-order valence-corrected chi connectivity index (χ1v) is 9.38. The van der Waals surface area contributed by atoms with Gasteiger partial charge in [0.05, 0.1) is 5.41 Å². The molecule has 0 aliphatic heterocycles. The fourth-order valence-corrected chi connectivity index (χ4v) is 2.98. The molecule has 0 aliphatic rings. The minimum absolute atomic E-state index is 0.565. The first kappa shape index (κ1) is 21.5. The zero-order valence-corrected chi connectivity index (χ0v) is 16.0. The SMILES string of the molecule is CC(C)CCCC(C)CCCC(C)CCCC(C)(C)C(=O)O. The molecule has 2 heteroatoms. The molecule has 1 N–H and O–H groups in total. The zero-order chi connectivity index (χ0) is 17.2. The maximum atomic E-state index is 11.1. The predicted octanol–water partition coefficient (Wildman–Crippen LogP) is 6.54. The molecule has 2 nitrogen and oxygen atoms in total. The third kappa shape index (κ3) is 11.1. The molecule has 0 amide bonds. The van der Waals surface area contributed by atoms with Gasteiger partial charge in [-0.3, -0.25) is 4.79 Å². The van der Waals surface area contributed by atoms with Crippen LogP contribution in [0.25, 0.3) is 0 Å². The Hall–Kier alpha value is -0.530. The van der Waals surface area contributed by atoms with E-state index in [0.717, 1.165) is 30.6 Å². The van der Waals surface area contributed by atoms with Gasteiger partial charge in [-0.1, -0.05) is 79.1 Å². The number of carbonyl (C=O) groups is 1. The first-order valence-electron chi connectivity index (χ1n) is 9.38. The molecule has 0 saturated carbocycles. The van der Waals surface area contributed by atoms with Crippen molar-refractivity contribution in [1.29, 1.82) is 0 Å². The van der Waals surface area contributed by atoms with Crippen molar-refractivity contribution in [3.05, 3.63) is 0 Å². The molecule has 0 radical (unpaired) electrons. The van der Waals surface area contributed by atoms with E-state index in [1.54, 1.807) is 0 Å². The van der Waals surface area contributed by atoms with Crippen LogP contribution in [0.3, 0.4) is 0 Å². The van der Waals surface area contributed by atoms with Gasteiger partial charge in [0.1, 0.15) is 0 Å². The highest BCUT2D eigenvalue weighted by molar-refractivity contribution is 5.73. The monoisotopic (exact) mass is 312 g/mol. The number of hydrogen-bond acceptors (Lipinski definition) is 1. The van der Waals surface area contributed by atoms with Crippen molar-refractivity contribution in [3.8, 4) is 0 Å². The predicted molar refractivity (Wildman–Crippen MR) is 96.1 cm³/mol. The van der Waals surface area contributed by atoms with Crippen LogP contribution in [0.5, 0.6) is 0 Å².